The van der Waals surface area contributed by atoms with Gasteiger partial charge in [0, 0.05) is 63.0 Å². The van der Waals surface area contributed by atoms with Crippen molar-refractivity contribution >= 4 is 46.2 Å². The maximum Gasteiger partial charge on any atom is 0.262 e. The lowest BCUT2D eigenvalue weighted by atomic mass is 9.91. The summed E-state index contributed by atoms with van der Waals surface area (Å²) in [5.74, 6) is -0.301. The third kappa shape index (κ3) is 7.30. The lowest BCUT2D eigenvalue weighted by Crippen LogP contribution is -2.54. The summed E-state index contributed by atoms with van der Waals surface area (Å²) in [5, 5.41) is 5.54. The average Bonchev–Trinajstić information content (AvgIpc) is 3.38. The predicted octanol–water partition coefficient (Wildman–Crippen LogP) is 4.03. The summed E-state index contributed by atoms with van der Waals surface area (Å²) < 4.78 is 18.5. The van der Waals surface area contributed by atoms with Gasteiger partial charge >= 0.3 is 0 Å². The van der Waals surface area contributed by atoms with Crippen LogP contribution in [-0.2, 0) is 14.3 Å². The molecule has 2 saturated heterocycles. The number of hydrogen-bond donors (Lipinski definition) is 2. The molecular weight excluding hydrogens is 666 g/mol. The van der Waals surface area contributed by atoms with E-state index < -0.39 is 29.7 Å². The predicted molar refractivity (Wildman–Crippen MR) is 188 cm³/mol. The highest BCUT2D eigenvalue weighted by atomic mass is 16.5. The molecule has 8 rings (SSSR count). The van der Waals surface area contributed by atoms with E-state index in [1.54, 1.807) is 30.6 Å². The highest BCUT2D eigenvalue weighted by molar-refractivity contribution is 6.23. The Labute approximate surface area is 299 Å². The SMILES string of the molecule is O=C1CCC(N2C(=O)c3ccc(OCCCN4CCC(OC5CC(Oc6cc(Nc7ccc8ncccc8n7)ccn6)C5)CC4)cc3C2=O)C(=O)N1. The number of nitrogens with zero attached hydrogens (tertiary/aromatic N) is 5. The molecule has 0 spiro atoms. The number of benzene rings is 1. The normalized spacial score (nSPS) is 22.2. The number of nitrogens with one attached hydrogen (secondary N) is 2. The Balaban J connectivity index is 0.723. The van der Waals surface area contributed by atoms with Gasteiger partial charge in [-0.15, -0.1) is 0 Å². The van der Waals surface area contributed by atoms with E-state index in [4.69, 9.17) is 14.2 Å². The standard InChI is InChI=1S/C38H39N7O7/c46-34-9-7-32(36(47)43-34)45-37(48)28-5-4-25(22-29(28)38(45)49)50-18-2-15-44-16-11-24(12-17-44)51-26-20-27(21-26)52-35-19-23(10-14-40-35)41-33-8-6-30-31(42-33)3-1-13-39-30/h1,3-6,8,10,13-14,19,22,24,26-27,32H,2,7,9,11-12,15-18,20-21H2,(H,40,41,42)(H,43,46,47). The number of pyridine rings is 3. The van der Waals surface area contributed by atoms with E-state index in [1.165, 1.54) is 0 Å². The molecule has 1 unspecified atom stereocenters. The summed E-state index contributed by atoms with van der Waals surface area (Å²) in [6, 6.07) is 15.2. The maximum atomic E-state index is 13.1. The molecule has 3 aliphatic heterocycles. The molecule has 1 aliphatic carbocycles. The zero-order valence-corrected chi connectivity index (χ0v) is 28.5. The van der Waals surface area contributed by atoms with Gasteiger partial charge in [-0.05, 0) is 74.2 Å². The lowest BCUT2D eigenvalue weighted by Gasteiger charge is -2.39. The van der Waals surface area contributed by atoms with Crippen molar-refractivity contribution in [3.8, 4) is 11.6 Å². The molecule has 3 aromatic heterocycles. The molecule has 1 atom stereocenters. The average molecular weight is 706 g/mol. The molecule has 4 aliphatic rings. The molecule has 2 N–H and O–H groups in total. The van der Waals surface area contributed by atoms with Gasteiger partial charge in [-0.2, -0.15) is 0 Å². The van der Waals surface area contributed by atoms with Gasteiger partial charge in [0.15, 0.2) is 0 Å². The van der Waals surface area contributed by atoms with Crippen LogP contribution in [0.5, 0.6) is 11.6 Å². The molecule has 14 nitrogen and oxygen atoms in total. The first kappa shape index (κ1) is 33.7. The Morgan fingerprint density at radius 1 is 0.827 bits per heavy atom. The molecule has 4 amide bonds. The van der Waals surface area contributed by atoms with E-state index in [-0.39, 0.29) is 42.3 Å². The van der Waals surface area contributed by atoms with Gasteiger partial charge in [-0.25, -0.2) is 9.97 Å². The Kier molecular flexibility index (Phi) is 9.48. The largest absolute Gasteiger partial charge is 0.494 e. The second-order valence-corrected chi connectivity index (χ2v) is 13.6. The fourth-order valence-corrected chi connectivity index (χ4v) is 7.18. The van der Waals surface area contributed by atoms with Gasteiger partial charge in [0.05, 0.1) is 41.0 Å². The van der Waals surface area contributed by atoms with Crippen molar-refractivity contribution in [3.05, 3.63) is 78.1 Å². The molecule has 4 aromatic rings. The van der Waals surface area contributed by atoms with Gasteiger partial charge in [0.1, 0.15) is 23.7 Å². The molecule has 14 heteroatoms. The van der Waals surface area contributed by atoms with E-state index in [0.717, 1.165) is 79.2 Å². The number of fused-ring (bicyclic) bond motifs is 2. The molecule has 0 bridgehead atoms. The molecule has 268 valence electrons. The van der Waals surface area contributed by atoms with Crippen LogP contribution in [-0.4, -0.2) is 99.0 Å². The minimum atomic E-state index is -0.989. The molecule has 6 heterocycles. The Morgan fingerprint density at radius 3 is 2.52 bits per heavy atom. The van der Waals surface area contributed by atoms with Crippen LogP contribution in [0.15, 0.2) is 67.0 Å². The highest BCUT2D eigenvalue weighted by Gasteiger charge is 2.44. The summed E-state index contributed by atoms with van der Waals surface area (Å²) in [6.45, 7) is 3.25. The summed E-state index contributed by atoms with van der Waals surface area (Å²) in [6.07, 6.45) is 8.62. The van der Waals surface area contributed by atoms with Gasteiger partial charge in [0.2, 0.25) is 17.7 Å². The number of piperidine rings is 2. The number of amides is 4. The Bertz CT molecular complexity index is 2010. The Hall–Kier alpha value is -5.47. The number of anilines is 2. The number of ether oxygens (including phenoxy) is 3. The highest BCUT2D eigenvalue weighted by Crippen LogP contribution is 2.32. The van der Waals surface area contributed by atoms with E-state index >= 15 is 0 Å². The van der Waals surface area contributed by atoms with Crippen LogP contribution in [0.3, 0.4) is 0 Å². The van der Waals surface area contributed by atoms with Gasteiger partial charge < -0.3 is 24.4 Å². The van der Waals surface area contributed by atoms with Crippen molar-refractivity contribution in [3.63, 3.8) is 0 Å². The van der Waals surface area contributed by atoms with Crippen molar-refractivity contribution in [1.29, 1.82) is 0 Å². The van der Waals surface area contributed by atoms with E-state index in [2.05, 4.69) is 30.5 Å². The molecule has 3 fully saturated rings. The van der Waals surface area contributed by atoms with Crippen molar-refractivity contribution in [1.82, 2.24) is 30.1 Å². The lowest BCUT2D eigenvalue weighted by molar-refractivity contribution is -0.136. The summed E-state index contributed by atoms with van der Waals surface area (Å²) in [5.41, 5.74) is 2.97. The third-order valence-corrected chi connectivity index (χ3v) is 10.0. The van der Waals surface area contributed by atoms with Crippen molar-refractivity contribution in [2.75, 3.05) is 31.6 Å². The second kappa shape index (κ2) is 14.6. The van der Waals surface area contributed by atoms with Crippen LogP contribution in [0.25, 0.3) is 11.0 Å². The fraction of sp³-hybridized carbons (Fsp3) is 0.395. The zero-order chi connectivity index (χ0) is 35.6. The van der Waals surface area contributed by atoms with Crippen molar-refractivity contribution in [2.45, 2.75) is 69.3 Å². The van der Waals surface area contributed by atoms with Crippen molar-refractivity contribution < 1.29 is 33.4 Å². The number of carbonyl (C=O) groups is 4. The van der Waals surface area contributed by atoms with Crippen LogP contribution in [0, 0.1) is 0 Å². The van der Waals surface area contributed by atoms with Crippen LogP contribution < -0.4 is 20.1 Å². The van der Waals surface area contributed by atoms with E-state index in [0.29, 0.717) is 18.2 Å². The number of rotatable bonds is 12. The quantitative estimate of drug-likeness (QED) is 0.161. The number of hydrogen-bond acceptors (Lipinski definition) is 12. The minimum absolute atomic E-state index is 0.0752. The van der Waals surface area contributed by atoms with E-state index in [1.807, 2.05) is 36.4 Å². The molecule has 1 saturated carbocycles. The summed E-state index contributed by atoms with van der Waals surface area (Å²) in [7, 11) is 0. The van der Waals surface area contributed by atoms with Crippen LogP contribution in [0.4, 0.5) is 11.5 Å². The first-order chi connectivity index (χ1) is 25.4. The number of carbonyl (C=O) groups excluding carboxylic acids is 4. The molecule has 52 heavy (non-hydrogen) atoms. The first-order valence-electron chi connectivity index (χ1n) is 17.8. The van der Waals surface area contributed by atoms with Crippen LogP contribution >= 0.6 is 0 Å². The summed E-state index contributed by atoms with van der Waals surface area (Å²) >= 11 is 0. The third-order valence-electron chi connectivity index (χ3n) is 10.0. The minimum Gasteiger partial charge on any atom is -0.494 e. The Morgan fingerprint density at radius 2 is 1.67 bits per heavy atom. The monoisotopic (exact) mass is 705 g/mol. The van der Waals surface area contributed by atoms with Crippen LogP contribution in [0.1, 0.15) is 65.7 Å². The molecule has 1 aromatic carbocycles. The smallest absolute Gasteiger partial charge is 0.262 e. The number of imide groups is 2. The maximum absolute atomic E-state index is 13.1. The van der Waals surface area contributed by atoms with Crippen LogP contribution in [0.2, 0.25) is 0 Å². The van der Waals surface area contributed by atoms with Crippen molar-refractivity contribution in [2.24, 2.45) is 0 Å². The van der Waals surface area contributed by atoms with Gasteiger partial charge in [-0.3, -0.25) is 34.4 Å². The second-order valence-electron chi connectivity index (χ2n) is 13.6. The molecular formula is C38H39N7O7. The van der Waals surface area contributed by atoms with Gasteiger partial charge in [0.25, 0.3) is 11.8 Å². The molecule has 0 radical (unpaired) electrons. The number of aromatic nitrogens is 3. The fourth-order valence-electron chi connectivity index (χ4n) is 7.18. The van der Waals surface area contributed by atoms with E-state index in [9.17, 15) is 19.2 Å². The number of likely N-dealkylation sites (tertiary alicyclic amines) is 1. The topological polar surface area (TPSA) is 165 Å². The first-order valence-corrected chi connectivity index (χ1v) is 17.8. The summed E-state index contributed by atoms with van der Waals surface area (Å²) in [4.78, 5) is 66.5. The zero-order valence-electron chi connectivity index (χ0n) is 28.5. The van der Waals surface area contributed by atoms with Gasteiger partial charge in [-0.1, -0.05) is 0 Å².